The summed E-state index contributed by atoms with van der Waals surface area (Å²) in [4.78, 5) is 23.8. The number of carbonyl (C=O) groups is 1. The third-order valence-corrected chi connectivity index (χ3v) is 8.37. The minimum Gasteiger partial charge on any atom is -0.463 e. The number of carbonyl (C=O) groups excluding carboxylic acids is 1. The SMILES string of the molecule is CCCOc1nccc(NC(=O)c2ccc(S(=O)(=O)CCCO)cc2N2CCC3(CC2)CC3)n1. The Morgan fingerprint density at radius 2 is 1.97 bits per heavy atom. The Morgan fingerprint density at radius 1 is 1.21 bits per heavy atom. The molecule has 2 aromatic rings. The van der Waals surface area contributed by atoms with Crippen LogP contribution in [0.25, 0.3) is 0 Å². The van der Waals surface area contributed by atoms with Gasteiger partial charge in [-0.1, -0.05) is 6.92 Å². The van der Waals surface area contributed by atoms with E-state index in [1.165, 1.54) is 25.1 Å². The summed E-state index contributed by atoms with van der Waals surface area (Å²) < 4.78 is 31.0. The Morgan fingerprint density at radius 3 is 2.65 bits per heavy atom. The molecule has 1 amide bonds. The van der Waals surface area contributed by atoms with E-state index < -0.39 is 9.84 Å². The maximum Gasteiger partial charge on any atom is 0.318 e. The maximum atomic E-state index is 13.3. The molecular formula is C24H32N4O5S. The zero-order chi connectivity index (χ0) is 24.2. The van der Waals surface area contributed by atoms with Gasteiger partial charge in [0.25, 0.3) is 5.91 Å². The van der Waals surface area contributed by atoms with E-state index in [1.54, 1.807) is 18.2 Å². The van der Waals surface area contributed by atoms with Crippen molar-refractivity contribution in [3.63, 3.8) is 0 Å². The lowest BCUT2D eigenvalue weighted by atomic mass is 9.93. The number of piperidine rings is 1. The predicted octanol–water partition coefficient (Wildman–Crippen LogP) is 3.05. The van der Waals surface area contributed by atoms with Crippen molar-refractivity contribution >= 4 is 27.2 Å². The molecule has 10 heteroatoms. The molecule has 0 bridgehead atoms. The van der Waals surface area contributed by atoms with Crippen molar-refractivity contribution < 1.29 is 23.1 Å². The topological polar surface area (TPSA) is 122 Å². The van der Waals surface area contributed by atoms with E-state index in [2.05, 4.69) is 20.2 Å². The molecule has 1 aromatic carbocycles. The first-order chi connectivity index (χ1) is 16.4. The molecule has 0 atom stereocenters. The maximum absolute atomic E-state index is 13.3. The number of hydrogen-bond donors (Lipinski definition) is 2. The number of sulfone groups is 1. The van der Waals surface area contributed by atoms with Gasteiger partial charge in [0.1, 0.15) is 5.82 Å². The van der Waals surface area contributed by atoms with Crippen LogP contribution >= 0.6 is 0 Å². The number of aliphatic hydroxyl groups excluding tert-OH is 1. The first-order valence-corrected chi connectivity index (χ1v) is 13.5. The van der Waals surface area contributed by atoms with Crippen molar-refractivity contribution in [2.75, 3.05) is 42.3 Å². The molecular weight excluding hydrogens is 456 g/mol. The molecule has 4 rings (SSSR count). The Kier molecular flexibility index (Phi) is 7.37. The van der Waals surface area contributed by atoms with Gasteiger partial charge in [-0.2, -0.15) is 4.98 Å². The molecule has 2 fully saturated rings. The molecule has 1 aromatic heterocycles. The average Bonchev–Trinajstić information content (AvgIpc) is 3.60. The predicted molar refractivity (Wildman–Crippen MR) is 129 cm³/mol. The van der Waals surface area contributed by atoms with Crippen molar-refractivity contribution in [3.8, 4) is 6.01 Å². The van der Waals surface area contributed by atoms with Gasteiger partial charge in [-0.15, -0.1) is 0 Å². The lowest BCUT2D eigenvalue weighted by Crippen LogP contribution is -2.36. The van der Waals surface area contributed by atoms with Crippen LogP contribution in [-0.4, -0.2) is 61.5 Å². The third-order valence-electron chi connectivity index (χ3n) is 6.58. The van der Waals surface area contributed by atoms with Gasteiger partial charge in [0, 0.05) is 25.9 Å². The lowest BCUT2D eigenvalue weighted by Gasteiger charge is -2.35. The Balaban J connectivity index is 1.60. The van der Waals surface area contributed by atoms with Crippen molar-refractivity contribution in [3.05, 3.63) is 36.0 Å². The second kappa shape index (κ2) is 10.3. The van der Waals surface area contributed by atoms with Crippen LogP contribution in [0.3, 0.4) is 0 Å². The molecule has 1 aliphatic heterocycles. The molecule has 9 nitrogen and oxygen atoms in total. The molecule has 1 spiro atoms. The molecule has 184 valence electrons. The zero-order valence-corrected chi connectivity index (χ0v) is 20.3. The van der Waals surface area contributed by atoms with Gasteiger partial charge in [0.15, 0.2) is 9.84 Å². The minimum absolute atomic E-state index is 0.140. The summed E-state index contributed by atoms with van der Waals surface area (Å²) in [5.41, 5.74) is 1.44. The third kappa shape index (κ3) is 5.67. The van der Waals surface area contributed by atoms with E-state index in [9.17, 15) is 13.2 Å². The van der Waals surface area contributed by atoms with Gasteiger partial charge < -0.3 is 20.1 Å². The number of aromatic nitrogens is 2. The number of benzene rings is 1. The van der Waals surface area contributed by atoms with Crippen LogP contribution in [0.1, 0.15) is 55.8 Å². The average molecular weight is 489 g/mol. The fourth-order valence-electron chi connectivity index (χ4n) is 4.29. The van der Waals surface area contributed by atoms with Crippen LogP contribution in [0.15, 0.2) is 35.4 Å². The number of amides is 1. The Bertz CT molecular complexity index is 1120. The van der Waals surface area contributed by atoms with Crippen LogP contribution in [0, 0.1) is 5.41 Å². The highest BCUT2D eigenvalue weighted by Gasteiger charge is 2.44. The van der Waals surface area contributed by atoms with Crippen LogP contribution in [0.4, 0.5) is 11.5 Å². The highest BCUT2D eigenvalue weighted by molar-refractivity contribution is 7.91. The number of hydrogen-bond acceptors (Lipinski definition) is 8. The summed E-state index contributed by atoms with van der Waals surface area (Å²) >= 11 is 0. The zero-order valence-electron chi connectivity index (χ0n) is 19.5. The summed E-state index contributed by atoms with van der Waals surface area (Å²) in [6.45, 7) is 3.83. The van der Waals surface area contributed by atoms with E-state index in [-0.39, 0.29) is 35.6 Å². The number of rotatable bonds is 10. The van der Waals surface area contributed by atoms with Gasteiger partial charge in [-0.05, 0) is 68.2 Å². The molecule has 1 saturated carbocycles. The van der Waals surface area contributed by atoms with Crippen molar-refractivity contribution in [2.45, 2.75) is 50.3 Å². The van der Waals surface area contributed by atoms with E-state index >= 15 is 0 Å². The first-order valence-electron chi connectivity index (χ1n) is 11.9. The Labute approximate surface area is 200 Å². The second-order valence-electron chi connectivity index (χ2n) is 9.09. The van der Waals surface area contributed by atoms with Crippen LogP contribution in [0.2, 0.25) is 0 Å². The summed E-state index contributed by atoms with van der Waals surface area (Å²) in [5.74, 6) is -0.201. The lowest BCUT2D eigenvalue weighted by molar-refractivity contribution is 0.102. The number of nitrogens with one attached hydrogen (secondary N) is 1. The fraction of sp³-hybridized carbons (Fsp3) is 0.542. The first kappa shape index (κ1) is 24.4. The largest absolute Gasteiger partial charge is 0.463 e. The number of anilines is 2. The van der Waals surface area contributed by atoms with E-state index in [0.717, 1.165) is 32.4 Å². The molecule has 0 unspecified atom stereocenters. The normalized spacial score (nSPS) is 16.9. The highest BCUT2D eigenvalue weighted by atomic mass is 32.2. The van der Waals surface area contributed by atoms with Gasteiger partial charge >= 0.3 is 6.01 Å². The highest BCUT2D eigenvalue weighted by Crippen LogP contribution is 2.54. The number of ether oxygens (including phenoxy) is 1. The van der Waals surface area contributed by atoms with E-state index in [0.29, 0.717) is 29.1 Å². The standard InChI is InChI=1S/C24H32N4O5S/c1-2-15-33-23-25-11-6-21(27-23)26-22(30)19-5-4-18(34(31,32)16-3-14-29)17-20(19)28-12-9-24(7-8-24)10-13-28/h4-6,11,17,29H,2-3,7-10,12-16H2,1H3,(H,25,26,27,30). The van der Waals surface area contributed by atoms with Crippen LogP contribution < -0.4 is 15.0 Å². The summed E-state index contributed by atoms with van der Waals surface area (Å²) in [7, 11) is -3.57. The second-order valence-corrected chi connectivity index (χ2v) is 11.2. The van der Waals surface area contributed by atoms with Crippen LogP contribution in [0.5, 0.6) is 6.01 Å². The molecule has 0 radical (unpaired) electrons. The number of aliphatic hydroxyl groups is 1. The van der Waals surface area contributed by atoms with E-state index in [4.69, 9.17) is 9.84 Å². The summed E-state index contributed by atoms with van der Waals surface area (Å²) in [6, 6.07) is 6.40. The van der Waals surface area contributed by atoms with Crippen molar-refractivity contribution in [1.82, 2.24) is 9.97 Å². The molecule has 2 aliphatic rings. The molecule has 2 heterocycles. The summed E-state index contributed by atoms with van der Waals surface area (Å²) in [5, 5.41) is 11.9. The minimum atomic E-state index is -3.57. The van der Waals surface area contributed by atoms with Gasteiger partial charge in [0.05, 0.1) is 28.5 Å². The monoisotopic (exact) mass is 488 g/mol. The van der Waals surface area contributed by atoms with Crippen LogP contribution in [-0.2, 0) is 9.84 Å². The smallest absolute Gasteiger partial charge is 0.318 e. The summed E-state index contributed by atoms with van der Waals surface area (Å²) in [6.07, 6.45) is 7.08. The van der Waals surface area contributed by atoms with Gasteiger partial charge in [-0.25, -0.2) is 13.4 Å². The van der Waals surface area contributed by atoms with Gasteiger partial charge in [-0.3, -0.25) is 4.79 Å². The van der Waals surface area contributed by atoms with Crippen molar-refractivity contribution in [2.24, 2.45) is 5.41 Å². The fourth-order valence-corrected chi connectivity index (χ4v) is 5.60. The van der Waals surface area contributed by atoms with Gasteiger partial charge in [0.2, 0.25) is 0 Å². The van der Waals surface area contributed by atoms with E-state index in [1.807, 2.05) is 6.92 Å². The molecule has 1 saturated heterocycles. The molecule has 2 N–H and O–H groups in total. The quantitative estimate of drug-likeness (QED) is 0.523. The molecule has 34 heavy (non-hydrogen) atoms. The molecule has 1 aliphatic carbocycles. The number of nitrogens with zero attached hydrogens (tertiary/aromatic N) is 3. The van der Waals surface area contributed by atoms with Crippen molar-refractivity contribution in [1.29, 1.82) is 0 Å². The Hall–Kier alpha value is -2.72.